The molecule has 1 aromatic carbocycles. The zero-order valence-corrected chi connectivity index (χ0v) is 14.1. The summed E-state index contributed by atoms with van der Waals surface area (Å²) in [5.74, 6) is 1.65. The van der Waals surface area contributed by atoms with E-state index < -0.39 is 0 Å². The Labute approximate surface area is 145 Å². The Balaban J connectivity index is 1.45. The van der Waals surface area contributed by atoms with Gasteiger partial charge in [0.05, 0.1) is 24.5 Å². The summed E-state index contributed by atoms with van der Waals surface area (Å²) < 4.78 is 3.89. The highest BCUT2D eigenvalue weighted by Gasteiger charge is 2.19. The summed E-state index contributed by atoms with van der Waals surface area (Å²) in [6.07, 6.45) is 3.79. The van der Waals surface area contributed by atoms with Crippen molar-refractivity contribution >= 4 is 11.7 Å². The molecule has 0 saturated carbocycles. The lowest BCUT2D eigenvalue weighted by Gasteiger charge is -2.26. The van der Waals surface area contributed by atoms with E-state index in [0.29, 0.717) is 18.9 Å². The molecule has 7 nitrogen and oxygen atoms in total. The molecule has 0 bridgehead atoms. The molecule has 3 aromatic rings. The number of nitrogens with zero attached hydrogens (tertiary/aromatic N) is 5. The lowest BCUT2D eigenvalue weighted by Crippen LogP contribution is -2.39. The number of para-hydroxylation sites is 1. The summed E-state index contributed by atoms with van der Waals surface area (Å²) >= 11 is 0. The van der Waals surface area contributed by atoms with Crippen LogP contribution in [0.1, 0.15) is 11.5 Å². The van der Waals surface area contributed by atoms with Crippen LogP contribution in [-0.4, -0.2) is 43.2 Å². The third kappa shape index (κ3) is 3.32. The first-order chi connectivity index (χ1) is 12.2. The number of carbonyl (C=O) groups excluding carboxylic acids is 1. The van der Waals surface area contributed by atoms with Crippen LogP contribution in [0.4, 0.5) is 5.82 Å². The minimum atomic E-state index is -0.0444. The van der Waals surface area contributed by atoms with Crippen molar-refractivity contribution in [2.75, 3.05) is 18.4 Å². The highest BCUT2D eigenvalue weighted by Crippen LogP contribution is 2.17. The van der Waals surface area contributed by atoms with Crippen LogP contribution in [0.25, 0.3) is 5.69 Å². The smallest absolute Gasteiger partial charge is 0.239 e. The van der Waals surface area contributed by atoms with E-state index >= 15 is 0 Å². The molecule has 7 heteroatoms. The summed E-state index contributed by atoms with van der Waals surface area (Å²) in [4.78, 5) is 18.9. The predicted molar refractivity (Wildman–Crippen MR) is 94.4 cm³/mol. The molecule has 0 radical (unpaired) electrons. The highest BCUT2D eigenvalue weighted by atomic mass is 16.2. The molecule has 2 aromatic heterocycles. The van der Waals surface area contributed by atoms with Gasteiger partial charge in [0, 0.05) is 31.5 Å². The van der Waals surface area contributed by atoms with Gasteiger partial charge < -0.3 is 9.88 Å². The fourth-order valence-corrected chi connectivity index (χ4v) is 3.10. The molecule has 0 unspecified atom stereocenters. The highest BCUT2D eigenvalue weighted by molar-refractivity contribution is 5.91. The molecular weight excluding hydrogens is 316 g/mol. The van der Waals surface area contributed by atoms with E-state index in [9.17, 15) is 4.79 Å². The molecule has 0 atom stereocenters. The van der Waals surface area contributed by atoms with E-state index in [1.54, 1.807) is 10.9 Å². The number of amides is 1. The van der Waals surface area contributed by atoms with Gasteiger partial charge in [-0.15, -0.1) is 0 Å². The van der Waals surface area contributed by atoms with Crippen LogP contribution in [0.5, 0.6) is 0 Å². The Bertz CT molecular complexity index is 882. The number of nitrogens with one attached hydrogen (secondary N) is 1. The van der Waals surface area contributed by atoms with Gasteiger partial charge in [-0.1, -0.05) is 18.2 Å². The van der Waals surface area contributed by atoms with Gasteiger partial charge in [-0.05, 0) is 19.1 Å². The summed E-state index contributed by atoms with van der Waals surface area (Å²) in [5.41, 5.74) is 1.78. The van der Waals surface area contributed by atoms with Gasteiger partial charge in [0.25, 0.3) is 0 Å². The first-order valence-corrected chi connectivity index (χ1v) is 8.33. The number of aromatic nitrogens is 4. The number of fused-ring (bicyclic) bond motifs is 1. The summed E-state index contributed by atoms with van der Waals surface area (Å²) in [6.45, 7) is 4.65. The van der Waals surface area contributed by atoms with E-state index in [1.807, 2.05) is 49.5 Å². The Morgan fingerprint density at radius 1 is 1.24 bits per heavy atom. The Kier molecular flexibility index (Phi) is 4.07. The van der Waals surface area contributed by atoms with Crippen molar-refractivity contribution in [3.8, 4) is 5.69 Å². The van der Waals surface area contributed by atoms with Gasteiger partial charge in [-0.2, -0.15) is 5.10 Å². The van der Waals surface area contributed by atoms with E-state index in [-0.39, 0.29) is 5.91 Å². The van der Waals surface area contributed by atoms with Crippen LogP contribution in [-0.2, 0) is 17.9 Å². The van der Waals surface area contributed by atoms with Crippen LogP contribution in [0.15, 0.2) is 48.8 Å². The average Bonchev–Trinajstić information content (AvgIpc) is 3.21. The van der Waals surface area contributed by atoms with Crippen LogP contribution < -0.4 is 5.32 Å². The van der Waals surface area contributed by atoms with E-state index in [0.717, 1.165) is 30.3 Å². The monoisotopic (exact) mass is 336 g/mol. The lowest BCUT2D eigenvalue weighted by molar-refractivity contribution is -0.117. The zero-order valence-electron chi connectivity index (χ0n) is 14.1. The van der Waals surface area contributed by atoms with Crippen LogP contribution in [0.3, 0.4) is 0 Å². The molecule has 0 fully saturated rings. The SMILES string of the molecule is Cc1cc(NC(=O)CN2CCn3ccnc3C2)n(-c2ccccc2)n1. The normalized spacial score (nSPS) is 14.3. The Hall–Kier alpha value is -2.93. The number of rotatable bonds is 4. The first kappa shape index (κ1) is 15.6. The summed E-state index contributed by atoms with van der Waals surface area (Å²) in [6, 6.07) is 11.7. The van der Waals surface area contributed by atoms with Crippen molar-refractivity contribution < 1.29 is 4.79 Å². The molecule has 25 heavy (non-hydrogen) atoms. The lowest BCUT2D eigenvalue weighted by atomic mass is 10.3. The fourth-order valence-electron chi connectivity index (χ4n) is 3.10. The van der Waals surface area contributed by atoms with Crippen molar-refractivity contribution in [2.24, 2.45) is 0 Å². The molecule has 0 aliphatic carbocycles. The molecule has 128 valence electrons. The van der Waals surface area contributed by atoms with Crippen LogP contribution in [0.2, 0.25) is 0 Å². The molecule has 4 rings (SSSR count). The van der Waals surface area contributed by atoms with Crippen molar-refractivity contribution in [3.05, 3.63) is 60.3 Å². The van der Waals surface area contributed by atoms with E-state index in [1.165, 1.54) is 0 Å². The molecule has 3 heterocycles. The molecule has 0 saturated heterocycles. The number of hydrogen-bond donors (Lipinski definition) is 1. The van der Waals surface area contributed by atoms with Gasteiger partial charge in [0.2, 0.25) is 5.91 Å². The van der Waals surface area contributed by atoms with E-state index in [4.69, 9.17) is 0 Å². The third-order valence-corrected chi connectivity index (χ3v) is 4.29. The second-order valence-corrected chi connectivity index (χ2v) is 6.21. The molecule has 1 amide bonds. The minimum absolute atomic E-state index is 0.0444. The maximum Gasteiger partial charge on any atom is 0.239 e. The van der Waals surface area contributed by atoms with Crippen LogP contribution >= 0.6 is 0 Å². The number of hydrogen-bond acceptors (Lipinski definition) is 4. The topological polar surface area (TPSA) is 68.0 Å². The molecule has 0 spiro atoms. The minimum Gasteiger partial charge on any atom is -0.333 e. The largest absolute Gasteiger partial charge is 0.333 e. The number of benzene rings is 1. The second kappa shape index (κ2) is 6.52. The first-order valence-electron chi connectivity index (χ1n) is 8.33. The van der Waals surface area contributed by atoms with Crippen molar-refractivity contribution in [2.45, 2.75) is 20.0 Å². The summed E-state index contributed by atoms with van der Waals surface area (Å²) in [5, 5.41) is 7.47. The summed E-state index contributed by atoms with van der Waals surface area (Å²) in [7, 11) is 0. The number of carbonyl (C=O) groups is 1. The standard InChI is InChI=1S/C18H20N6O/c1-14-11-16(24(21-14)15-5-3-2-4-6-15)20-18(25)13-22-9-10-23-8-7-19-17(23)12-22/h2-8,11H,9-10,12-13H2,1H3,(H,20,25). The molecule has 1 N–H and O–H groups in total. The van der Waals surface area contributed by atoms with Crippen molar-refractivity contribution in [1.29, 1.82) is 0 Å². The fraction of sp³-hybridized carbons (Fsp3) is 0.278. The third-order valence-electron chi connectivity index (χ3n) is 4.29. The van der Waals surface area contributed by atoms with Gasteiger partial charge in [0.1, 0.15) is 11.6 Å². The van der Waals surface area contributed by atoms with Crippen molar-refractivity contribution in [3.63, 3.8) is 0 Å². The Morgan fingerprint density at radius 2 is 2.08 bits per heavy atom. The molecule has 1 aliphatic heterocycles. The second-order valence-electron chi connectivity index (χ2n) is 6.21. The zero-order chi connectivity index (χ0) is 17.2. The predicted octanol–water partition coefficient (Wildman–Crippen LogP) is 1.83. The van der Waals surface area contributed by atoms with Crippen LogP contribution in [0, 0.1) is 6.92 Å². The maximum absolute atomic E-state index is 12.5. The Morgan fingerprint density at radius 3 is 2.92 bits per heavy atom. The van der Waals surface area contributed by atoms with Crippen molar-refractivity contribution in [1.82, 2.24) is 24.2 Å². The number of aryl methyl sites for hydroxylation is 1. The average molecular weight is 336 g/mol. The van der Waals surface area contributed by atoms with E-state index in [2.05, 4.69) is 24.9 Å². The van der Waals surface area contributed by atoms with Gasteiger partial charge in [-0.3, -0.25) is 9.69 Å². The quantitative estimate of drug-likeness (QED) is 0.789. The van der Waals surface area contributed by atoms with Gasteiger partial charge >= 0.3 is 0 Å². The number of anilines is 1. The number of imidazole rings is 1. The van der Waals surface area contributed by atoms with Gasteiger partial charge in [0.15, 0.2) is 0 Å². The molecule has 1 aliphatic rings. The maximum atomic E-state index is 12.5. The van der Waals surface area contributed by atoms with Gasteiger partial charge in [-0.25, -0.2) is 9.67 Å². The molecular formula is C18H20N6O.